The highest BCUT2D eigenvalue weighted by Crippen LogP contribution is 2.19. The average Bonchev–Trinajstić information content (AvgIpc) is 3.22. The molecule has 1 atom stereocenters. The SMILES string of the molecule is Cc1cncc(C(=O)N2Cc3cccn3CC(Oc3ccccn3)C2)c1.O=C(O)C(F)(F)F.O=C(O)C(F)(F)F. The Bertz CT molecular complexity index is 1270. The maximum Gasteiger partial charge on any atom is 0.490 e. The summed E-state index contributed by atoms with van der Waals surface area (Å²) in [6, 6.07) is 11.5. The lowest BCUT2D eigenvalue weighted by Gasteiger charge is -2.24. The Labute approximate surface area is 222 Å². The molecule has 16 heteroatoms. The Morgan fingerprint density at radius 3 is 2.10 bits per heavy atom. The van der Waals surface area contributed by atoms with Gasteiger partial charge in [0.25, 0.3) is 5.91 Å². The summed E-state index contributed by atoms with van der Waals surface area (Å²) < 4.78 is 71.7. The second-order valence-corrected chi connectivity index (χ2v) is 8.10. The van der Waals surface area contributed by atoms with E-state index in [9.17, 15) is 31.1 Å². The van der Waals surface area contributed by atoms with Crippen LogP contribution in [0, 0.1) is 6.92 Å². The fourth-order valence-corrected chi connectivity index (χ4v) is 3.23. The van der Waals surface area contributed by atoms with Crippen molar-refractivity contribution in [1.82, 2.24) is 19.4 Å². The number of amides is 1. The summed E-state index contributed by atoms with van der Waals surface area (Å²) in [5.41, 5.74) is 2.66. The zero-order valence-electron chi connectivity index (χ0n) is 20.6. The van der Waals surface area contributed by atoms with Gasteiger partial charge in [0, 0.05) is 36.5 Å². The summed E-state index contributed by atoms with van der Waals surface area (Å²) in [6.07, 6.45) is -3.26. The zero-order chi connectivity index (χ0) is 30.1. The fourth-order valence-electron chi connectivity index (χ4n) is 3.23. The summed E-state index contributed by atoms with van der Waals surface area (Å²) in [6.45, 7) is 3.64. The van der Waals surface area contributed by atoms with Crippen molar-refractivity contribution in [3.8, 4) is 5.88 Å². The van der Waals surface area contributed by atoms with Crippen molar-refractivity contribution in [3.63, 3.8) is 0 Å². The minimum atomic E-state index is -5.08. The molecule has 10 nitrogen and oxygen atoms in total. The van der Waals surface area contributed by atoms with E-state index in [-0.39, 0.29) is 12.0 Å². The second-order valence-electron chi connectivity index (χ2n) is 8.10. The molecule has 216 valence electrons. The molecule has 40 heavy (non-hydrogen) atoms. The van der Waals surface area contributed by atoms with E-state index < -0.39 is 24.3 Å². The lowest BCUT2D eigenvalue weighted by Crippen LogP contribution is -2.38. The van der Waals surface area contributed by atoms with E-state index in [1.54, 1.807) is 18.6 Å². The monoisotopic (exact) mass is 576 g/mol. The third kappa shape index (κ3) is 9.92. The van der Waals surface area contributed by atoms with Crippen molar-refractivity contribution in [1.29, 1.82) is 0 Å². The standard InChI is InChI=1S/C20H20N4O2.2C2HF3O2/c1-15-9-16(11-21-10-15)20(25)24-12-17-5-4-8-23(17)13-18(14-24)26-19-6-2-3-7-22-19;2*3-2(4,5)1(6)7/h2-11,18H,12-14H2,1H3;2*(H,6,7). The smallest absolute Gasteiger partial charge is 0.475 e. The van der Waals surface area contributed by atoms with Gasteiger partial charge in [0.15, 0.2) is 0 Å². The number of pyridine rings is 2. The summed E-state index contributed by atoms with van der Waals surface area (Å²) in [7, 11) is 0. The molecule has 2 N–H and O–H groups in total. The topological polar surface area (TPSA) is 135 Å². The van der Waals surface area contributed by atoms with E-state index in [0.29, 0.717) is 31.1 Å². The number of aromatic nitrogens is 3. The molecule has 4 rings (SSSR count). The fraction of sp³-hybridized carbons (Fsp3) is 0.292. The quantitative estimate of drug-likeness (QED) is 0.448. The summed E-state index contributed by atoms with van der Waals surface area (Å²) in [5.74, 6) is -4.98. The van der Waals surface area contributed by atoms with Crippen molar-refractivity contribution >= 4 is 17.8 Å². The Balaban J connectivity index is 0.000000333. The van der Waals surface area contributed by atoms with Crippen molar-refractivity contribution in [3.05, 3.63) is 78.0 Å². The van der Waals surface area contributed by atoms with Gasteiger partial charge in [-0.2, -0.15) is 26.3 Å². The van der Waals surface area contributed by atoms with Gasteiger partial charge in [0.1, 0.15) is 6.10 Å². The summed E-state index contributed by atoms with van der Waals surface area (Å²) >= 11 is 0. The van der Waals surface area contributed by atoms with Crippen molar-refractivity contribution in [2.45, 2.75) is 38.5 Å². The number of carboxylic acids is 2. The van der Waals surface area contributed by atoms with E-state index >= 15 is 0 Å². The minimum absolute atomic E-state index is 0.0366. The Kier molecular flexibility index (Phi) is 10.6. The molecule has 0 saturated carbocycles. The van der Waals surface area contributed by atoms with Crippen molar-refractivity contribution in [2.75, 3.05) is 6.54 Å². The number of fused-ring (bicyclic) bond motifs is 1. The van der Waals surface area contributed by atoms with Gasteiger partial charge in [0.05, 0.1) is 25.2 Å². The number of carboxylic acid groups (broad SMARTS) is 2. The van der Waals surface area contributed by atoms with E-state index in [1.165, 1.54) is 0 Å². The maximum absolute atomic E-state index is 13.0. The van der Waals surface area contributed by atoms with Crippen LogP contribution in [0.15, 0.2) is 61.2 Å². The number of rotatable bonds is 3. The molecule has 1 aliphatic heterocycles. The lowest BCUT2D eigenvalue weighted by molar-refractivity contribution is -0.193. The largest absolute Gasteiger partial charge is 0.490 e. The zero-order valence-corrected chi connectivity index (χ0v) is 20.6. The molecule has 3 aromatic heterocycles. The molecule has 1 aliphatic rings. The molecule has 1 unspecified atom stereocenters. The molecule has 1 amide bonds. The number of alkyl halides is 6. The molecule has 0 saturated heterocycles. The van der Waals surface area contributed by atoms with Crippen LogP contribution in [0.25, 0.3) is 0 Å². The first-order chi connectivity index (χ1) is 18.6. The number of aliphatic carboxylic acids is 2. The predicted octanol–water partition coefficient (Wildman–Crippen LogP) is 3.96. The molecule has 0 aliphatic carbocycles. The van der Waals surface area contributed by atoms with Gasteiger partial charge in [-0.15, -0.1) is 0 Å². The molecule has 3 aromatic rings. The number of carbonyl (C=O) groups excluding carboxylic acids is 1. The van der Waals surface area contributed by atoms with Crippen LogP contribution in [-0.4, -0.2) is 72.5 Å². The molecule has 4 heterocycles. The van der Waals surface area contributed by atoms with Crippen molar-refractivity contribution in [2.24, 2.45) is 0 Å². The van der Waals surface area contributed by atoms with Crippen LogP contribution < -0.4 is 4.74 Å². The molecule has 0 spiro atoms. The molecular formula is C24H22F6N4O6. The summed E-state index contributed by atoms with van der Waals surface area (Å²) in [4.78, 5) is 41.0. The van der Waals surface area contributed by atoms with Gasteiger partial charge < -0.3 is 24.4 Å². The van der Waals surface area contributed by atoms with Crippen LogP contribution in [0.2, 0.25) is 0 Å². The van der Waals surface area contributed by atoms with E-state index in [0.717, 1.165) is 11.3 Å². The van der Waals surface area contributed by atoms with Gasteiger partial charge in [-0.05, 0) is 36.8 Å². The van der Waals surface area contributed by atoms with Gasteiger partial charge in [-0.3, -0.25) is 9.78 Å². The van der Waals surface area contributed by atoms with Gasteiger partial charge in [-0.1, -0.05) is 6.07 Å². The molecule has 0 aromatic carbocycles. The Morgan fingerprint density at radius 2 is 1.57 bits per heavy atom. The average molecular weight is 576 g/mol. The number of ether oxygens (including phenoxy) is 1. The van der Waals surface area contributed by atoms with Crippen LogP contribution in [0.3, 0.4) is 0 Å². The second kappa shape index (κ2) is 13.4. The minimum Gasteiger partial charge on any atom is -0.475 e. The highest BCUT2D eigenvalue weighted by Gasteiger charge is 2.38. The Hall–Kier alpha value is -4.63. The van der Waals surface area contributed by atoms with Crippen LogP contribution >= 0.6 is 0 Å². The number of carbonyl (C=O) groups is 3. The normalized spacial score (nSPS) is 14.8. The highest BCUT2D eigenvalue weighted by molar-refractivity contribution is 5.94. The van der Waals surface area contributed by atoms with Crippen LogP contribution in [0.1, 0.15) is 21.6 Å². The van der Waals surface area contributed by atoms with Crippen LogP contribution in [0.5, 0.6) is 5.88 Å². The first-order valence-electron chi connectivity index (χ1n) is 11.1. The first-order valence-corrected chi connectivity index (χ1v) is 11.1. The van der Waals surface area contributed by atoms with Crippen LogP contribution in [0.4, 0.5) is 26.3 Å². The van der Waals surface area contributed by atoms with Gasteiger partial charge in [0.2, 0.25) is 5.88 Å². The van der Waals surface area contributed by atoms with Gasteiger partial charge >= 0.3 is 24.3 Å². The number of hydrogen-bond donors (Lipinski definition) is 2. The van der Waals surface area contributed by atoms with E-state index in [2.05, 4.69) is 14.5 Å². The Morgan fingerprint density at radius 1 is 0.950 bits per heavy atom. The number of hydrogen-bond acceptors (Lipinski definition) is 6. The number of halogens is 6. The van der Waals surface area contributed by atoms with E-state index in [1.807, 2.05) is 54.4 Å². The number of aryl methyl sites for hydroxylation is 1. The number of nitrogens with zero attached hydrogens (tertiary/aromatic N) is 4. The van der Waals surface area contributed by atoms with Crippen molar-refractivity contribution < 1.29 is 55.7 Å². The lowest BCUT2D eigenvalue weighted by atomic mass is 10.2. The third-order valence-electron chi connectivity index (χ3n) is 4.92. The predicted molar refractivity (Wildman–Crippen MR) is 124 cm³/mol. The molecule has 0 fully saturated rings. The van der Waals surface area contributed by atoms with E-state index in [4.69, 9.17) is 24.5 Å². The third-order valence-corrected chi connectivity index (χ3v) is 4.92. The highest BCUT2D eigenvalue weighted by atomic mass is 19.4. The molecular weight excluding hydrogens is 554 g/mol. The van der Waals surface area contributed by atoms with Crippen LogP contribution in [-0.2, 0) is 22.7 Å². The molecule has 0 radical (unpaired) electrons. The summed E-state index contributed by atoms with van der Waals surface area (Å²) in [5, 5.41) is 14.2. The first kappa shape index (κ1) is 31.6. The van der Waals surface area contributed by atoms with Gasteiger partial charge in [-0.25, -0.2) is 14.6 Å². The molecule has 0 bridgehead atoms. The maximum atomic E-state index is 13.0.